The zero-order valence-electron chi connectivity index (χ0n) is 11.8. The molecule has 0 bridgehead atoms. The number of ether oxygens (including phenoxy) is 1. The second-order valence-corrected chi connectivity index (χ2v) is 6.84. The minimum Gasteiger partial charge on any atom is -0.381 e. The van der Waals surface area contributed by atoms with Gasteiger partial charge in [-0.3, -0.25) is 4.79 Å². The lowest BCUT2D eigenvalue weighted by Crippen LogP contribution is -2.22. The maximum absolute atomic E-state index is 12.1. The fourth-order valence-electron chi connectivity index (χ4n) is 2.97. The van der Waals surface area contributed by atoms with Crippen LogP contribution in [0.5, 0.6) is 0 Å². The van der Waals surface area contributed by atoms with Crippen LogP contribution in [-0.2, 0) is 22.4 Å². The van der Waals surface area contributed by atoms with Gasteiger partial charge in [0.05, 0.1) is 5.69 Å². The predicted molar refractivity (Wildman–Crippen MR) is 80.2 cm³/mol. The Kier molecular flexibility index (Phi) is 4.68. The van der Waals surface area contributed by atoms with Gasteiger partial charge in [-0.25, -0.2) is 4.98 Å². The summed E-state index contributed by atoms with van der Waals surface area (Å²) in [5.74, 6) is 0.586. The minimum atomic E-state index is 0.112. The number of hydrogen-bond donors (Lipinski definition) is 1. The number of carbonyl (C=O) groups is 1. The molecule has 0 spiro atoms. The molecule has 1 aliphatic heterocycles. The predicted octanol–water partition coefficient (Wildman–Crippen LogP) is 3.17. The molecule has 1 aromatic rings. The van der Waals surface area contributed by atoms with Gasteiger partial charge in [0.1, 0.15) is 0 Å². The second kappa shape index (κ2) is 6.68. The molecule has 2 heterocycles. The lowest BCUT2D eigenvalue weighted by Gasteiger charge is -2.20. The SMILES string of the molecule is O=C(CC1CCOCC1)Nc1nc2c(s1)CCCCC2. The lowest BCUT2D eigenvalue weighted by atomic mass is 9.96. The van der Waals surface area contributed by atoms with Crippen LogP contribution in [0, 0.1) is 5.92 Å². The van der Waals surface area contributed by atoms with Gasteiger partial charge < -0.3 is 10.1 Å². The van der Waals surface area contributed by atoms with Crippen molar-refractivity contribution in [3.8, 4) is 0 Å². The molecule has 0 atom stereocenters. The van der Waals surface area contributed by atoms with Crippen LogP contribution in [0.4, 0.5) is 5.13 Å². The van der Waals surface area contributed by atoms with Gasteiger partial charge in [-0.05, 0) is 44.4 Å². The Morgan fingerprint density at radius 2 is 2.05 bits per heavy atom. The number of fused-ring (bicyclic) bond motifs is 1. The lowest BCUT2D eigenvalue weighted by molar-refractivity contribution is -0.117. The Balaban J connectivity index is 1.55. The molecule has 1 aliphatic carbocycles. The molecule has 0 unspecified atom stereocenters. The maximum Gasteiger partial charge on any atom is 0.226 e. The Labute approximate surface area is 123 Å². The minimum absolute atomic E-state index is 0.112. The van der Waals surface area contributed by atoms with Crippen LogP contribution in [0.2, 0.25) is 0 Å². The topological polar surface area (TPSA) is 51.2 Å². The van der Waals surface area contributed by atoms with E-state index in [4.69, 9.17) is 4.74 Å². The number of nitrogens with zero attached hydrogens (tertiary/aromatic N) is 1. The summed E-state index contributed by atoms with van der Waals surface area (Å²) in [6, 6.07) is 0. The molecule has 1 fully saturated rings. The molecule has 0 saturated carbocycles. The highest BCUT2D eigenvalue weighted by molar-refractivity contribution is 7.15. The number of hydrogen-bond acceptors (Lipinski definition) is 4. The van der Waals surface area contributed by atoms with E-state index in [2.05, 4.69) is 10.3 Å². The monoisotopic (exact) mass is 294 g/mol. The van der Waals surface area contributed by atoms with Crippen LogP contribution in [0.25, 0.3) is 0 Å². The molecule has 0 aromatic carbocycles. The van der Waals surface area contributed by atoms with Crippen molar-refractivity contribution >= 4 is 22.4 Å². The molecule has 4 nitrogen and oxygen atoms in total. The molecular weight excluding hydrogens is 272 g/mol. The molecular formula is C15H22N2O2S. The van der Waals surface area contributed by atoms with Crippen molar-refractivity contribution in [1.29, 1.82) is 0 Å². The summed E-state index contributed by atoms with van der Waals surface area (Å²) in [6.45, 7) is 1.59. The van der Waals surface area contributed by atoms with Crippen molar-refractivity contribution in [3.05, 3.63) is 10.6 Å². The van der Waals surface area contributed by atoms with Gasteiger partial charge in [0, 0.05) is 24.5 Å². The van der Waals surface area contributed by atoms with Gasteiger partial charge in [0.15, 0.2) is 5.13 Å². The molecule has 5 heteroatoms. The summed E-state index contributed by atoms with van der Waals surface area (Å²) < 4.78 is 5.32. The van der Waals surface area contributed by atoms with Gasteiger partial charge in [0.2, 0.25) is 5.91 Å². The third-order valence-electron chi connectivity index (χ3n) is 4.16. The Bertz CT molecular complexity index is 443. The van der Waals surface area contributed by atoms with E-state index in [-0.39, 0.29) is 5.91 Å². The van der Waals surface area contributed by atoms with Crippen molar-refractivity contribution in [1.82, 2.24) is 4.98 Å². The van der Waals surface area contributed by atoms with Crippen molar-refractivity contribution in [2.75, 3.05) is 18.5 Å². The quantitative estimate of drug-likeness (QED) is 0.871. The smallest absolute Gasteiger partial charge is 0.226 e. The van der Waals surface area contributed by atoms with E-state index in [0.29, 0.717) is 12.3 Å². The van der Waals surface area contributed by atoms with Gasteiger partial charge in [-0.15, -0.1) is 11.3 Å². The summed E-state index contributed by atoms with van der Waals surface area (Å²) in [7, 11) is 0. The van der Waals surface area contributed by atoms with Gasteiger partial charge >= 0.3 is 0 Å². The highest BCUT2D eigenvalue weighted by Crippen LogP contribution is 2.29. The Morgan fingerprint density at radius 3 is 2.90 bits per heavy atom. The van der Waals surface area contributed by atoms with Crippen molar-refractivity contribution in [2.24, 2.45) is 5.92 Å². The first-order chi connectivity index (χ1) is 9.81. The molecule has 2 aliphatic rings. The molecule has 0 radical (unpaired) electrons. The Hall–Kier alpha value is -0.940. The van der Waals surface area contributed by atoms with Crippen LogP contribution >= 0.6 is 11.3 Å². The molecule has 1 saturated heterocycles. The maximum atomic E-state index is 12.1. The van der Waals surface area contributed by atoms with Crippen LogP contribution in [-0.4, -0.2) is 24.1 Å². The van der Waals surface area contributed by atoms with Crippen LogP contribution < -0.4 is 5.32 Å². The molecule has 1 N–H and O–H groups in total. The number of thiazole rings is 1. The van der Waals surface area contributed by atoms with E-state index < -0.39 is 0 Å². The van der Waals surface area contributed by atoms with E-state index >= 15 is 0 Å². The number of rotatable bonds is 3. The van der Waals surface area contributed by atoms with Crippen LogP contribution in [0.1, 0.15) is 49.1 Å². The summed E-state index contributed by atoms with van der Waals surface area (Å²) in [4.78, 5) is 18.1. The van der Waals surface area contributed by atoms with E-state index in [9.17, 15) is 4.79 Å². The second-order valence-electron chi connectivity index (χ2n) is 5.76. The normalized spacial score (nSPS) is 20.2. The summed E-state index contributed by atoms with van der Waals surface area (Å²) in [6.07, 6.45) is 8.59. The molecule has 3 rings (SSSR count). The summed E-state index contributed by atoms with van der Waals surface area (Å²) in [5.41, 5.74) is 1.22. The number of carbonyl (C=O) groups excluding carboxylic acids is 1. The first-order valence-electron chi connectivity index (χ1n) is 7.67. The summed E-state index contributed by atoms with van der Waals surface area (Å²) in [5, 5.41) is 3.79. The largest absolute Gasteiger partial charge is 0.381 e. The fourth-order valence-corrected chi connectivity index (χ4v) is 4.03. The number of nitrogens with one attached hydrogen (secondary N) is 1. The third-order valence-corrected chi connectivity index (χ3v) is 5.23. The van der Waals surface area contributed by atoms with Gasteiger partial charge in [0.25, 0.3) is 0 Å². The standard InChI is InChI=1S/C15H22N2O2S/c18-14(10-11-6-8-19-9-7-11)17-15-16-12-4-2-1-3-5-13(12)20-15/h11H,1-10H2,(H,16,17,18). The first-order valence-corrected chi connectivity index (χ1v) is 8.49. The highest BCUT2D eigenvalue weighted by Gasteiger charge is 2.19. The highest BCUT2D eigenvalue weighted by atomic mass is 32.1. The zero-order chi connectivity index (χ0) is 13.8. The van der Waals surface area contributed by atoms with Crippen molar-refractivity contribution in [3.63, 3.8) is 0 Å². The van der Waals surface area contributed by atoms with Crippen LogP contribution in [0.15, 0.2) is 0 Å². The number of anilines is 1. The molecule has 1 amide bonds. The van der Waals surface area contributed by atoms with Gasteiger partial charge in [-0.1, -0.05) is 6.42 Å². The first kappa shape index (κ1) is 14.0. The fraction of sp³-hybridized carbons (Fsp3) is 0.733. The van der Waals surface area contributed by atoms with Gasteiger partial charge in [-0.2, -0.15) is 0 Å². The molecule has 1 aromatic heterocycles. The van der Waals surface area contributed by atoms with Crippen molar-refractivity contribution < 1.29 is 9.53 Å². The average Bonchev–Trinajstić information content (AvgIpc) is 2.68. The zero-order valence-corrected chi connectivity index (χ0v) is 12.6. The van der Waals surface area contributed by atoms with E-state index in [1.165, 1.54) is 29.8 Å². The molecule has 20 heavy (non-hydrogen) atoms. The van der Waals surface area contributed by atoms with Crippen molar-refractivity contribution in [2.45, 2.75) is 51.4 Å². The number of aryl methyl sites for hydroxylation is 2. The third kappa shape index (κ3) is 3.58. The summed E-state index contributed by atoms with van der Waals surface area (Å²) >= 11 is 1.67. The number of aromatic nitrogens is 1. The molecule has 110 valence electrons. The van der Waals surface area contributed by atoms with E-state index in [1.54, 1.807) is 11.3 Å². The average molecular weight is 294 g/mol. The Morgan fingerprint density at radius 1 is 1.25 bits per heavy atom. The van der Waals surface area contributed by atoms with E-state index in [0.717, 1.165) is 44.0 Å². The van der Waals surface area contributed by atoms with Crippen LogP contribution in [0.3, 0.4) is 0 Å². The van der Waals surface area contributed by atoms with E-state index in [1.807, 2.05) is 0 Å². The number of amides is 1.